The van der Waals surface area contributed by atoms with Gasteiger partial charge in [0.05, 0.1) is 29.7 Å². The Bertz CT molecular complexity index is 2130. The lowest BCUT2D eigenvalue weighted by Crippen LogP contribution is -2.39. The maximum Gasteiger partial charge on any atom is 0.490 e. The number of likely N-dealkylation sites (tertiary alicyclic amines) is 1. The number of nitrogens with zero attached hydrogens (tertiary/aromatic N) is 5. The molecule has 4 heterocycles. The van der Waals surface area contributed by atoms with Gasteiger partial charge in [-0.15, -0.1) is 0 Å². The van der Waals surface area contributed by atoms with E-state index in [0.717, 1.165) is 47.5 Å². The van der Waals surface area contributed by atoms with Crippen LogP contribution in [0.25, 0.3) is 0 Å². The highest BCUT2D eigenvalue weighted by molar-refractivity contribution is 6.32. The molecule has 2 amide bonds. The van der Waals surface area contributed by atoms with Crippen LogP contribution in [-0.4, -0.2) is 79.3 Å². The van der Waals surface area contributed by atoms with Crippen molar-refractivity contribution >= 4 is 64.2 Å². The molecule has 0 unspecified atom stereocenters. The van der Waals surface area contributed by atoms with Gasteiger partial charge in [0, 0.05) is 42.6 Å². The molecule has 0 spiro atoms. The third-order valence-electron chi connectivity index (χ3n) is 8.22. The summed E-state index contributed by atoms with van der Waals surface area (Å²) < 4.78 is 63.5. The molecule has 0 radical (unpaired) electrons. The van der Waals surface area contributed by atoms with Crippen LogP contribution < -0.4 is 16.0 Å². The number of amides is 2. The van der Waals surface area contributed by atoms with E-state index < -0.39 is 24.3 Å². The van der Waals surface area contributed by atoms with Gasteiger partial charge in [0.2, 0.25) is 11.9 Å². The number of carbonyl (C=O) groups is 4. The topological polar surface area (TPSA) is 211 Å². The Balaban J connectivity index is 0.000000440. The molecule has 14 nitrogen and oxygen atoms in total. The first-order valence-corrected chi connectivity index (χ1v) is 17.0. The Hall–Kier alpha value is -6.49. The Morgan fingerprint density at radius 1 is 0.895 bits per heavy atom. The van der Waals surface area contributed by atoms with E-state index in [-0.39, 0.29) is 17.7 Å². The smallest absolute Gasteiger partial charge is 0.475 e. The second-order valence-corrected chi connectivity index (χ2v) is 12.8. The molecule has 6 bridgehead atoms. The fraction of sp³-hybridized carbons (Fsp3) is 0.278. The van der Waals surface area contributed by atoms with Gasteiger partial charge >= 0.3 is 24.3 Å². The van der Waals surface area contributed by atoms with Crippen LogP contribution in [0.4, 0.5) is 55.2 Å². The molecule has 0 aliphatic carbocycles. The molecule has 5 N–H and O–H groups in total. The Labute approximate surface area is 324 Å². The van der Waals surface area contributed by atoms with Crippen molar-refractivity contribution in [2.75, 3.05) is 29.0 Å². The van der Waals surface area contributed by atoms with E-state index >= 15 is 0 Å². The maximum atomic E-state index is 13.2. The molecule has 2 aromatic carbocycles. The van der Waals surface area contributed by atoms with Crippen LogP contribution >= 0.6 is 11.6 Å². The van der Waals surface area contributed by atoms with Gasteiger partial charge in [-0.2, -0.15) is 36.6 Å². The van der Waals surface area contributed by atoms with Gasteiger partial charge in [-0.1, -0.05) is 17.7 Å². The van der Waals surface area contributed by atoms with Crippen LogP contribution in [0.3, 0.4) is 0 Å². The average molecular weight is 821 g/mol. The van der Waals surface area contributed by atoms with Crippen molar-refractivity contribution < 1.29 is 55.7 Å². The van der Waals surface area contributed by atoms with Crippen molar-refractivity contribution in [2.24, 2.45) is 5.92 Å². The summed E-state index contributed by atoms with van der Waals surface area (Å²) in [6.07, 6.45) is -1.82. The number of aromatic nitrogens is 3. The summed E-state index contributed by atoms with van der Waals surface area (Å²) in [4.78, 5) is 58.9. The van der Waals surface area contributed by atoms with Crippen LogP contribution in [-0.2, 0) is 27.2 Å². The van der Waals surface area contributed by atoms with Gasteiger partial charge in [0.15, 0.2) is 5.82 Å². The van der Waals surface area contributed by atoms with Gasteiger partial charge in [0.1, 0.15) is 5.02 Å². The molecule has 2 aliphatic heterocycles. The number of anilines is 5. The minimum atomic E-state index is -5.08. The number of carbonyl (C=O) groups excluding carboxylic acids is 2. The van der Waals surface area contributed by atoms with Gasteiger partial charge in [-0.25, -0.2) is 14.6 Å². The first-order chi connectivity index (χ1) is 26.8. The zero-order valence-electron chi connectivity index (χ0n) is 29.3. The third-order valence-corrected chi connectivity index (χ3v) is 8.50. The monoisotopic (exact) mass is 820 g/mol. The number of halogens is 7. The zero-order valence-corrected chi connectivity index (χ0v) is 30.0. The highest BCUT2D eigenvalue weighted by Gasteiger charge is 2.39. The number of hydrogen-bond acceptors (Lipinski definition) is 10. The molecular weight excluding hydrogens is 790 g/mol. The first-order valence-electron chi connectivity index (χ1n) is 16.6. The molecule has 1 fully saturated rings. The number of nitrogens with one attached hydrogen (secondary N) is 3. The Morgan fingerprint density at radius 2 is 1.56 bits per heavy atom. The predicted octanol–water partition coefficient (Wildman–Crippen LogP) is 7.13. The largest absolute Gasteiger partial charge is 0.490 e. The number of aliphatic carboxylic acids is 2. The summed E-state index contributed by atoms with van der Waals surface area (Å²) in [6, 6.07) is 16.6. The van der Waals surface area contributed by atoms with Crippen molar-refractivity contribution in [2.45, 2.75) is 44.5 Å². The molecule has 4 aromatic rings. The fourth-order valence-corrected chi connectivity index (χ4v) is 5.60. The summed E-state index contributed by atoms with van der Waals surface area (Å²) in [5.41, 5.74) is 5.31. The van der Waals surface area contributed by atoms with Crippen molar-refractivity contribution in [3.8, 4) is 6.07 Å². The minimum absolute atomic E-state index is 0.0530. The van der Waals surface area contributed by atoms with Gasteiger partial charge < -0.3 is 31.1 Å². The molecule has 2 aliphatic rings. The number of carboxylic acids is 2. The summed E-state index contributed by atoms with van der Waals surface area (Å²) in [5, 5.41) is 33.4. The number of hydrogen-bond donors (Lipinski definition) is 5. The number of pyridine rings is 1. The van der Waals surface area contributed by atoms with E-state index in [0.29, 0.717) is 53.8 Å². The quantitative estimate of drug-likeness (QED) is 0.130. The number of aryl methyl sites for hydroxylation is 2. The SMILES string of the molecule is N#Cc1cccc(C(=O)N2CCC(CC(=O)Nc3ccc4cc3CCc3cncc(c3)Nc3ncc(Cl)c(n3)N4)CC2)c1.O=C(O)C(F)(F)F.O=C(O)C(F)(F)F. The van der Waals surface area contributed by atoms with E-state index in [9.17, 15) is 35.9 Å². The van der Waals surface area contributed by atoms with Crippen molar-refractivity contribution in [1.82, 2.24) is 19.9 Å². The third kappa shape index (κ3) is 13.1. The molecule has 57 heavy (non-hydrogen) atoms. The summed E-state index contributed by atoms with van der Waals surface area (Å²) in [7, 11) is 0. The van der Waals surface area contributed by atoms with Gasteiger partial charge in [-0.3, -0.25) is 14.6 Å². The molecule has 6 rings (SSSR count). The zero-order chi connectivity index (χ0) is 41.9. The van der Waals surface area contributed by atoms with Crippen LogP contribution in [0.1, 0.15) is 46.3 Å². The molecule has 21 heteroatoms. The molecular formula is C36H31ClF6N8O6. The molecule has 0 saturated carbocycles. The molecule has 1 saturated heterocycles. The van der Waals surface area contributed by atoms with E-state index in [1.54, 1.807) is 35.4 Å². The van der Waals surface area contributed by atoms with E-state index in [1.165, 1.54) is 6.20 Å². The van der Waals surface area contributed by atoms with Crippen molar-refractivity contribution in [3.05, 3.63) is 94.4 Å². The van der Waals surface area contributed by atoms with Crippen molar-refractivity contribution in [1.29, 1.82) is 5.26 Å². The normalized spacial score (nSPS) is 13.8. The lowest BCUT2D eigenvalue weighted by Gasteiger charge is -2.32. The van der Waals surface area contributed by atoms with Gasteiger partial charge in [-0.05, 0) is 85.2 Å². The first kappa shape index (κ1) is 43.2. The number of carboxylic acid groups (broad SMARTS) is 2. The molecule has 300 valence electrons. The predicted molar refractivity (Wildman–Crippen MR) is 192 cm³/mol. The number of alkyl halides is 6. The summed E-state index contributed by atoms with van der Waals surface area (Å²) in [5.74, 6) is -4.60. The molecule has 2 aromatic heterocycles. The minimum Gasteiger partial charge on any atom is -0.475 e. The Morgan fingerprint density at radius 3 is 2.19 bits per heavy atom. The summed E-state index contributed by atoms with van der Waals surface area (Å²) in [6.45, 7) is 1.16. The van der Waals surface area contributed by atoms with Crippen LogP contribution in [0.15, 0.2) is 67.1 Å². The second-order valence-electron chi connectivity index (χ2n) is 12.4. The van der Waals surface area contributed by atoms with Crippen LogP contribution in [0.5, 0.6) is 0 Å². The standard InChI is InChI=1S/C32H29ClN8O2.2C2HF3O2/c33-27-19-36-32-38-26-13-22(17-35-18-26)4-5-23-15-25(37-30(27)40-32)6-7-28(23)39-29(42)14-20-8-10-41(11-9-20)31(43)24-3-1-2-21(12-24)16-34;2*3-2(4,5)1(6)7/h1-3,6-7,12-13,15,17-20H,4-5,8-11,14H2,(H,39,42)(H2,36,37,38,40);2*(H,6,7). The summed E-state index contributed by atoms with van der Waals surface area (Å²) >= 11 is 6.38. The number of rotatable bonds is 4. The second kappa shape index (κ2) is 18.9. The van der Waals surface area contributed by atoms with E-state index in [1.807, 2.05) is 30.5 Å². The Kier molecular flexibility index (Phi) is 14.3. The lowest BCUT2D eigenvalue weighted by atomic mass is 9.92. The highest BCUT2D eigenvalue weighted by atomic mass is 35.5. The average Bonchev–Trinajstić information content (AvgIpc) is 3.16. The number of benzene rings is 2. The molecule has 0 atom stereocenters. The van der Waals surface area contributed by atoms with E-state index in [2.05, 4.69) is 37.0 Å². The lowest BCUT2D eigenvalue weighted by molar-refractivity contribution is -0.193. The number of nitriles is 1. The van der Waals surface area contributed by atoms with Crippen LogP contribution in [0.2, 0.25) is 5.02 Å². The number of piperidine rings is 1. The van der Waals surface area contributed by atoms with Crippen molar-refractivity contribution in [3.63, 3.8) is 0 Å². The highest BCUT2D eigenvalue weighted by Crippen LogP contribution is 2.30. The van der Waals surface area contributed by atoms with Gasteiger partial charge in [0.25, 0.3) is 5.91 Å². The van der Waals surface area contributed by atoms with Crippen LogP contribution in [0, 0.1) is 17.2 Å². The van der Waals surface area contributed by atoms with E-state index in [4.69, 9.17) is 36.7 Å². The number of fused-ring (bicyclic) bond motifs is 6. The fourth-order valence-electron chi connectivity index (χ4n) is 5.46. The maximum absolute atomic E-state index is 13.2.